The number of rotatable bonds is 5. The molecule has 1 N–H and O–H groups in total. The van der Waals surface area contributed by atoms with Gasteiger partial charge >= 0.3 is 0 Å². The fourth-order valence-corrected chi connectivity index (χ4v) is 4.98. The Morgan fingerprint density at radius 2 is 2.17 bits per heavy atom. The maximum atomic E-state index is 12.3. The van der Waals surface area contributed by atoms with Gasteiger partial charge in [0.25, 0.3) is 0 Å². The molecule has 1 atom stereocenters. The van der Waals surface area contributed by atoms with E-state index in [9.17, 15) is 4.79 Å². The molecule has 0 unspecified atom stereocenters. The molecule has 0 radical (unpaired) electrons. The molecular formula is C19H28N2O2S. The first kappa shape index (κ1) is 16.6. The molecule has 3 fully saturated rings. The van der Waals surface area contributed by atoms with Crippen molar-refractivity contribution in [1.29, 1.82) is 0 Å². The number of nitrogens with one attached hydrogen (secondary N) is 1. The van der Waals surface area contributed by atoms with Crippen LogP contribution in [0.25, 0.3) is 0 Å². The average molecular weight is 349 g/mol. The van der Waals surface area contributed by atoms with E-state index < -0.39 is 0 Å². The van der Waals surface area contributed by atoms with Gasteiger partial charge in [-0.15, -0.1) is 11.3 Å². The first-order chi connectivity index (χ1) is 11.7. The number of thiophene rings is 1. The molecule has 1 aliphatic carbocycles. The molecule has 4 nitrogen and oxygen atoms in total. The van der Waals surface area contributed by atoms with Gasteiger partial charge in [-0.1, -0.05) is 6.07 Å². The second-order valence-electron chi connectivity index (χ2n) is 7.81. The first-order valence-corrected chi connectivity index (χ1v) is 10.2. The van der Waals surface area contributed by atoms with Crippen molar-refractivity contribution in [2.75, 3.05) is 26.3 Å². The van der Waals surface area contributed by atoms with E-state index in [4.69, 9.17) is 4.74 Å². The third kappa shape index (κ3) is 3.84. The maximum Gasteiger partial charge on any atom is 0.220 e. The van der Waals surface area contributed by atoms with Crippen molar-refractivity contribution >= 4 is 17.2 Å². The van der Waals surface area contributed by atoms with Crippen LogP contribution in [-0.4, -0.2) is 43.2 Å². The van der Waals surface area contributed by atoms with Crippen LogP contribution < -0.4 is 5.32 Å². The largest absolute Gasteiger partial charge is 0.379 e. The van der Waals surface area contributed by atoms with Crippen LogP contribution in [0.2, 0.25) is 0 Å². The predicted octanol–water partition coefficient (Wildman–Crippen LogP) is 3.04. The lowest BCUT2D eigenvalue weighted by atomic mass is 9.69. The van der Waals surface area contributed by atoms with E-state index in [2.05, 4.69) is 27.7 Å². The predicted molar refractivity (Wildman–Crippen MR) is 96.0 cm³/mol. The van der Waals surface area contributed by atoms with Crippen LogP contribution in [0.4, 0.5) is 0 Å². The van der Waals surface area contributed by atoms with Crippen LogP contribution in [-0.2, 0) is 16.1 Å². The zero-order chi connectivity index (χ0) is 16.4. The quantitative estimate of drug-likeness (QED) is 0.889. The highest BCUT2D eigenvalue weighted by atomic mass is 32.1. The fourth-order valence-electron chi connectivity index (χ4n) is 4.24. The second kappa shape index (κ2) is 7.14. The Bertz CT molecular complexity index is 548. The number of carbonyl (C=O) groups is 1. The number of ether oxygens (including phenoxy) is 1. The first-order valence-electron chi connectivity index (χ1n) is 9.35. The molecule has 2 aliphatic heterocycles. The molecule has 132 valence electrons. The van der Waals surface area contributed by atoms with Crippen molar-refractivity contribution in [2.24, 2.45) is 11.3 Å². The third-order valence-corrected chi connectivity index (χ3v) is 6.95. The highest BCUT2D eigenvalue weighted by molar-refractivity contribution is 7.09. The Morgan fingerprint density at radius 3 is 2.88 bits per heavy atom. The van der Waals surface area contributed by atoms with Crippen molar-refractivity contribution < 1.29 is 9.53 Å². The van der Waals surface area contributed by atoms with Gasteiger partial charge in [-0.05, 0) is 68.0 Å². The maximum absolute atomic E-state index is 12.3. The molecule has 24 heavy (non-hydrogen) atoms. The molecular weight excluding hydrogens is 320 g/mol. The van der Waals surface area contributed by atoms with Crippen LogP contribution in [0.1, 0.15) is 43.4 Å². The Kier molecular flexibility index (Phi) is 4.93. The lowest BCUT2D eigenvalue weighted by molar-refractivity contribution is -0.127. The van der Waals surface area contributed by atoms with Gasteiger partial charge in [-0.3, -0.25) is 9.69 Å². The second-order valence-corrected chi connectivity index (χ2v) is 8.84. The summed E-state index contributed by atoms with van der Waals surface area (Å²) >= 11 is 1.85. The summed E-state index contributed by atoms with van der Waals surface area (Å²) in [7, 11) is 0. The van der Waals surface area contributed by atoms with E-state index in [1.807, 2.05) is 11.3 Å². The molecule has 1 saturated carbocycles. The molecule has 1 aromatic rings. The molecule has 1 spiro atoms. The minimum atomic E-state index is 0.210. The molecule has 5 heteroatoms. The standard InChI is InChI=1S/C19H28N2O2S/c22-18(12-15-3-4-15)20-17-14-23-10-7-19(17)5-8-21(9-6-19)13-16-2-1-11-24-16/h1-2,11,15,17H,3-10,12-14H2,(H,20,22)/t17-/m0/s1. The zero-order valence-electron chi connectivity index (χ0n) is 14.3. The van der Waals surface area contributed by atoms with E-state index in [1.54, 1.807) is 0 Å². The summed E-state index contributed by atoms with van der Waals surface area (Å²) in [6.45, 7) is 4.88. The van der Waals surface area contributed by atoms with Crippen molar-refractivity contribution in [1.82, 2.24) is 10.2 Å². The summed E-state index contributed by atoms with van der Waals surface area (Å²) in [6.07, 6.45) is 6.63. The highest BCUT2D eigenvalue weighted by Gasteiger charge is 2.44. The topological polar surface area (TPSA) is 41.6 Å². The van der Waals surface area contributed by atoms with Crippen LogP contribution in [0.5, 0.6) is 0 Å². The lowest BCUT2D eigenvalue weighted by Crippen LogP contribution is -2.57. The summed E-state index contributed by atoms with van der Waals surface area (Å²) < 4.78 is 5.72. The Morgan fingerprint density at radius 1 is 1.33 bits per heavy atom. The van der Waals surface area contributed by atoms with Crippen LogP contribution in [0, 0.1) is 11.3 Å². The van der Waals surface area contributed by atoms with E-state index in [-0.39, 0.29) is 17.4 Å². The van der Waals surface area contributed by atoms with Crippen molar-refractivity contribution in [3.8, 4) is 0 Å². The van der Waals surface area contributed by atoms with Crippen molar-refractivity contribution in [3.05, 3.63) is 22.4 Å². The van der Waals surface area contributed by atoms with Crippen LogP contribution in [0.15, 0.2) is 17.5 Å². The molecule has 2 saturated heterocycles. The summed E-state index contributed by atoms with van der Waals surface area (Å²) in [6, 6.07) is 4.57. The Balaban J connectivity index is 1.34. The smallest absolute Gasteiger partial charge is 0.220 e. The number of nitrogens with zero attached hydrogens (tertiary/aromatic N) is 1. The molecule has 4 rings (SSSR count). The number of hydrogen-bond acceptors (Lipinski definition) is 4. The highest BCUT2D eigenvalue weighted by Crippen LogP contribution is 2.41. The lowest BCUT2D eigenvalue weighted by Gasteiger charge is -2.49. The Labute approximate surface area is 148 Å². The molecule has 3 heterocycles. The SMILES string of the molecule is O=C(CC1CC1)N[C@H]1COCCC12CCN(Cc1cccs1)CC2. The van der Waals surface area contributed by atoms with E-state index in [0.29, 0.717) is 12.5 Å². The van der Waals surface area contributed by atoms with Gasteiger partial charge in [-0.25, -0.2) is 0 Å². The minimum Gasteiger partial charge on any atom is -0.379 e. The summed E-state index contributed by atoms with van der Waals surface area (Å²) in [4.78, 5) is 16.3. The van der Waals surface area contributed by atoms with E-state index >= 15 is 0 Å². The Hall–Kier alpha value is -0.910. The summed E-state index contributed by atoms with van der Waals surface area (Å²) in [5.41, 5.74) is 0.253. The number of likely N-dealkylation sites (tertiary alicyclic amines) is 1. The van der Waals surface area contributed by atoms with Gasteiger partial charge in [0.15, 0.2) is 0 Å². The van der Waals surface area contributed by atoms with Gasteiger partial charge in [-0.2, -0.15) is 0 Å². The van der Waals surface area contributed by atoms with E-state index in [1.165, 1.54) is 30.6 Å². The molecule has 1 amide bonds. The van der Waals surface area contributed by atoms with Gasteiger partial charge in [0.05, 0.1) is 12.6 Å². The fraction of sp³-hybridized carbons (Fsp3) is 0.737. The number of amides is 1. The van der Waals surface area contributed by atoms with E-state index in [0.717, 1.165) is 39.1 Å². The molecule has 1 aromatic heterocycles. The zero-order valence-corrected chi connectivity index (χ0v) is 15.2. The van der Waals surface area contributed by atoms with Crippen molar-refractivity contribution in [3.63, 3.8) is 0 Å². The molecule has 0 bridgehead atoms. The molecule has 3 aliphatic rings. The minimum absolute atomic E-state index is 0.210. The monoisotopic (exact) mass is 348 g/mol. The summed E-state index contributed by atoms with van der Waals surface area (Å²) in [5.74, 6) is 0.895. The van der Waals surface area contributed by atoms with Gasteiger partial charge in [0.1, 0.15) is 0 Å². The normalized spacial score (nSPS) is 27.2. The third-order valence-electron chi connectivity index (χ3n) is 6.09. The van der Waals surface area contributed by atoms with Gasteiger partial charge in [0.2, 0.25) is 5.91 Å². The van der Waals surface area contributed by atoms with Crippen LogP contribution in [0.3, 0.4) is 0 Å². The number of piperidine rings is 1. The number of hydrogen-bond donors (Lipinski definition) is 1. The van der Waals surface area contributed by atoms with Crippen LogP contribution >= 0.6 is 11.3 Å². The van der Waals surface area contributed by atoms with Gasteiger partial charge < -0.3 is 10.1 Å². The average Bonchev–Trinajstić information content (AvgIpc) is 3.24. The molecule has 0 aromatic carbocycles. The van der Waals surface area contributed by atoms with Gasteiger partial charge in [0, 0.05) is 24.4 Å². The number of carbonyl (C=O) groups excluding carboxylic acids is 1. The summed E-state index contributed by atoms with van der Waals surface area (Å²) in [5, 5.41) is 5.49. The van der Waals surface area contributed by atoms with Crippen molar-refractivity contribution in [2.45, 2.75) is 51.1 Å².